The van der Waals surface area contributed by atoms with E-state index in [-0.39, 0.29) is 17.2 Å². The number of benzene rings is 2. The van der Waals surface area contributed by atoms with Crippen molar-refractivity contribution in [3.63, 3.8) is 0 Å². The first-order chi connectivity index (χ1) is 12.2. The van der Waals surface area contributed by atoms with Gasteiger partial charge in [0.25, 0.3) is 0 Å². The average molecular weight is 333 g/mol. The van der Waals surface area contributed by atoms with Gasteiger partial charge in [0.1, 0.15) is 5.71 Å². The summed E-state index contributed by atoms with van der Waals surface area (Å²) in [6, 6.07) is 19.8. The zero-order valence-corrected chi connectivity index (χ0v) is 14.5. The van der Waals surface area contributed by atoms with Crippen LogP contribution in [0.5, 0.6) is 0 Å². The quantitative estimate of drug-likeness (QED) is 0.878. The van der Waals surface area contributed by atoms with Crippen LogP contribution >= 0.6 is 0 Å². The standard InChI is InChI=1S/C21H23N3O/c1-24-14-12-21(13-15-24)18(16-8-4-2-5-9-16)19(22-23-21)20(25)17-10-6-3-7-11-17/h2-11,18,23H,12-15H2,1H3. The molecule has 0 bridgehead atoms. The maximum atomic E-state index is 13.1. The molecule has 1 fully saturated rings. The Kier molecular flexibility index (Phi) is 4.14. The van der Waals surface area contributed by atoms with E-state index in [1.807, 2.05) is 48.5 Å². The van der Waals surface area contributed by atoms with Gasteiger partial charge in [0.2, 0.25) is 5.78 Å². The van der Waals surface area contributed by atoms with E-state index in [2.05, 4.69) is 34.6 Å². The number of hydrogen-bond donors (Lipinski definition) is 1. The molecule has 2 aliphatic heterocycles. The van der Waals surface area contributed by atoms with Gasteiger partial charge in [-0.3, -0.25) is 4.79 Å². The Morgan fingerprint density at radius 2 is 1.64 bits per heavy atom. The van der Waals surface area contributed by atoms with Crippen LogP contribution in [-0.2, 0) is 0 Å². The molecule has 4 heteroatoms. The van der Waals surface area contributed by atoms with Gasteiger partial charge in [-0.2, -0.15) is 5.10 Å². The van der Waals surface area contributed by atoms with Crippen LogP contribution in [-0.4, -0.2) is 42.1 Å². The maximum Gasteiger partial charge on any atom is 0.209 e. The number of piperidine rings is 1. The number of nitrogens with one attached hydrogen (secondary N) is 1. The first kappa shape index (κ1) is 16.0. The van der Waals surface area contributed by atoms with E-state index in [1.165, 1.54) is 5.56 Å². The first-order valence-electron chi connectivity index (χ1n) is 8.88. The molecule has 2 aromatic rings. The summed E-state index contributed by atoms with van der Waals surface area (Å²) in [4.78, 5) is 15.5. The van der Waals surface area contributed by atoms with Crippen molar-refractivity contribution in [2.75, 3.05) is 20.1 Å². The van der Waals surface area contributed by atoms with E-state index < -0.39 is 0 Å². The Bertz CT molecular complexity index is 777. The fraction of sp³-hybridized carbons (Fsp3) is 0.333. The number of Topliss-reactive ketones (excluding diaryl/α,β-unsaturated/α-hetero) is 1. The summed E-state index contributed by atoms with van der Waals surface area (Å²) in [5.41, 5.74) is 5.73. The van der Waals surface area contributed by atoms with Crippen molar-refractivity contribution in [2.45, 2.75) is 24.3 Å². The minimum Gasteiger partial charge on any atom is -0.306 e. The number of hydrazone groups is 1. The second-order valence-electron chi connectivity index (χ2n) is 7.11. The molecule has 0 aromatic heterocycles. The minimum atomic E-state index is -0.159. The van der Waals surface area contributed by atoms with Gasteiger partial charge in [0, 0.05) is 18.7 Å². The molecule has 1 atom stereocenters. The van der Waals surface area contributed by atoms with Crippen LogP contribution < -0.4 is 5.43 Å². The van der Waals surface area contributed by atoms with E-state index in [1.54, 1.807) is 0 Å². The van der Waals surface area contributed by atoms with E-state index >= 15 is 0 Å². The molecule has 2 heterocycles. The van der Waals surface area contributed by atoms with Crippen LogP contribution in [0, 0.1) is 0 Å². The molecular weight excluding hydrogens is 310 g/mol. The van der Waals surface area contributed by atoms with Crippen molar-refractivity contribution in [1.29, 1.82) is 0 Å². The molecule has 1 N–H and O–H groups in total. The molecular formula is C21H23N3O. The van der Waals surface area contributed by atoms with Crippen molar-refractivity contribution < 1.29 is 4.79 Å². The van der Waals surface area contributed by atoms with Crippen molar-refractivity contribution in [1.82, 2.24) is 10.3 Å². The Morgan fingerprint density at radius 1 is 1.04 bits per heavy atom. The summed E-state index contributed by atoms with van der Waals surface area (Å²) < 4.78 is 0. The van der Waals surface area contributed by atoms with Gasteiger partial charge < -0.3 is 10.3 Å². The molecule has 1 unspecified atom stereocenters. The summed E-state index contributed by atoms with van der Waals surface area (Å²) >= 11 is 0. The third-order valence-electron chi connectivity index (χ3n) is 5.51. The van der Waals surface area contributed by atoms with E-state index in [9.17, 15) is 4.79 Å². The van der Waals surface area contributed by atoms with Crippen molar-refractivity contribution >= 4 is 11.5 Å². The molecule has 1 spiro atoms. The van der Waals surface area contributed by atoms with E-state index in [4.69, 9.17) is 0 Å². The van der Waals surface area contributed by atoms with Gasteiger partial charge in [-0.25, -0.2) is 0 Å². The topological polar surface area (TPSA) is 44.7 Å². The van der Waals surface area contributed by atoms with Crippen LogP contribution in [0.4, 0.5) is 0 Å². The third-order valence-corrected chi connectivity index (χ3v) is 5.51. The van der Waals surface area contributed by atoms with Crippen molar-refractivity contribution in [3.05, 3.63) is 71.8 Å². The number of ketones is 1. The number of nitrogens with zero attached hydrogens (tertiary/aromatic N) is 2. The van der Waals surface area contributed by atoms with Crippen LogP contribution in [0.2, 0.25) is 0 Å². The van der Waals surface area contributed by atoms with Crippen LogP contribution in [0.25, 0.3) is 0 Å². The summed E-state index contributed by atoms with van der Waals surface area (Å²) in [6.07, 6.45) is 1.97. The van der Waals surface area contributed by atoms with Gasteiger partial charge in [-0.05, 0) is 25.5 Å². The van der Waals surface area contributed by atoms with Crippen molar-refractivity contribution in [3.8, 4) is 0 Å². The average Bonchev–Trinajstić information content (AvgIpc) is 3.04. The Balaban J connectivity index is 1.73. The van der Waals surface area contributed by atoms with E-state index in [0.29, 0.717) is 11.3 Å². The molecule has 4 nitrogen and oxygen atoms in total. The molecule has 128 valence electrons. The lowest BCUT2D eigenvalue weighted by Crippen LogP contribution is -2.53. The highest BCUT2D eigenvalue weighted by Gasteiger charge is 2.49. The second-order valence-corrected chi connectivity index (χ2v) is 7.11. The predicted molar refractivity (Wildman–Crippen MR) is 100.0 cm³/mol. The number of hydrogen-bond acceptors (Lipinski definition) is 4. The van der Waals surface area contributed by atoms with Crippen LogP contribution in [0.1, 0.15) is 34.7 Å². The van der Waals surface area contributed by atoms with Gasteiger partial charge in [-0.15, -0.1) is 0 Å². The van der Waals surface area contributed by atoms with Gasteiger partial charge >= 0.3 is 0 Å². The first-order valence-corrected chi connectivity index (χ1v) is 8.88. The monoisotopic (exact) mass is 333 g/mol. The summed E-state index contributed by atoms with van der Waals surface area (Å²) in [5.74, 6) is 0.0212. The van der Waals surface area contributed by atoms with Crippen molar-refractivity contribution in [2.24, 2.45) is 5.10 Å². The zero-order chi connectivity index (χ0) is 17.3. The van der Waals surface area contributed by atoms with E-state index in [0.717, 1.165) is 25.9 Å². The third kappa shape index (κ3) is 2.87. The smallest absolute Gasteiger partial charge is 0.209 e. The van der Waals surface area contributed by atoms with Crippen LogP contribution in [0.3, 0.4) is 0 Å². The second kappa shape index (κ2) is 6.45. The Labute approximate surface area is 148 Å². The Morgan fingerprint density at radius 3 is 2.28 bits per heavy atom. The molecule has 0 saturated carbocycles. The number of rotatable bonds is 3. The molecule has 0 radical (unpaired) electrons. The fourth-order valence-corrected chi connectivity index (χ4v) is 4.02. The maximum absolute atomic E-state index is 13.1. The van der Waals surface area contributed by atoms with Gasteiger partial charge in [-0.1, -0.05) is 60.7 Å². The summed E-state index contributed by atoms with van der Waals surface area (Å²) in [5, 5.41) is 4.57. The molecule has 25 heavy (non-hydrogen) atoms. The van der Waals surface area contributed by atoms with Gasteiger partial charge in [0.05, 0.1) is 11.5 Å². The SMILES string of the molecule is CN1CCC2(CC1)NN=C(C(=O)c1ccccc1)C2c1ccccc1. The lowest BCUT2D eigenvalue weighted by Gasteiger charge is -2.41. The van der Waals surface area contributed by atoms with Crippen LogP contribution in [0.15, 0.2) is 65.8 Å². The summed E-state index contributed by atoms with van der Waals surface area (Å²) in [7, 11) is 2.15. The molecule has 0 amide bonds. The van der Waals surface area contributed by atoms with Gasteiger partial charge in [0.15, 0.2) is 0 Å². The predicted octanol–water partition coefficient (Wildman–Crippen LogP) is 3.08. The highest BCUT2D eigenvalue weighted by Crippen LogP contribution is 2.41. The summed E-state index contributed by atoms with van der Waals surface area (Å²) in [6.45, 7) is 2.03. The minimum absolute atomic E-state index is 0.00453. The number of carbonyl (C=O) groups excluding carboxylic acids is 1. The molecule has 0 aliphatic carbocycles. The molecule has 4 rings (SSSR count). The lowest BCUT2D eigenvalue weighted by molar-refractivity contribution is 0.105. The Hall–Kier alpha value is -2.46. The normalized spacial score (nSPS) is 22.4. The number of likely N-dealkylation sites (tertiary alicyclic amines) is 1. The highest BCUT2D eigenvalue weighted by atomic mass is 16.1. The zero-order valence-electron chi connectivity index (χ0n) is 14.5. The molecule has 2 aliphatic rings. The lowest BCUT2D eigenvalue weighted by atomic mass is 9.71. The fourth-order valence-electron chi connectivity index (χ4n) is 4.02. The number of carbonyl (C=O) groups is 1. The molecule has 1 saturated heterocycles. The highest BCUT2D eigenvalue weighted by molar-refractivity contribution is 6.48. The molecule has 2 aromatic carbocycles. The largest absolute Gasteiger partial charge is 0.306 e.